The summed E-state index contributed by atoms with van der Waals surface area (Å²) in [5, 5.41) is 8.00. The molecule has 1 amide bonds. The van der Waals surface area contributed by atoms with E-state index in [0.29, 0.717) is 19.4 Å². The Hall–Kier alpha value is -2.24. The summed E-state index contributed by atoms with van der Waals surface area (Å²) in [6, 6.07) is 4.15. The van der Waals surface area contributed by atoms with Crippen molar-refractivity contribution in [3.63, 3.8) is 0 Å². The fourth-order valence-electron chi connectivity index (χ4n) is 2.10. The molecule has 0 spiro atoms. The van der Waals surface area contributed by atoms with Crippen molar-refractivity contribution in [2.24, 2.45) is 0 Å². The maximum absolute atomic E-state index is 12.2. The van der Waals surface area contributed by atoms with Crippen molar-refractivity contribution in [2.75, 3.05) is 7.05 Å². The number of aryl methyl sites for hydroxylation is 1. The Morgan fingerprint density at radius 3 is 2.90 bits per heavy atom. The molecular formula is C15H21N5O. The van der Waals surface area contributed by atoms with E-state index in [0.717, 1.165) is 11.4 Å². The van der Waals surface area contributed by atoms with Crippen LogP contribution in [0.5, 0.6) is 0 Å². The first-order valence-electron chi connectivity index (χ1n) is 7.09. The summed E-state index contributed by atoms with van der Waals surface area (Å²) >= 11 is 0. The second kappa shape index (κ2) is 6.97. The average Bonchev–Trinajstić information content (AvgIpc) is 2.94. The van der Waals surface area contributed by atoms with E-state index >= 15 is 0 Å². The van der Waals surface area contributed by atoms with Gasteiger partial charge in [0.2, 0.25) is 5.91 Å². The molecule has 0 radical (unpaired) electrons. The molecule has 0 unspecified atom stereocenters. The molecule has 2 heterocycles. The van der Waals surface area contributed by atoms with Gasteiger partial charge in [-0.25, -0.2) is 0 Å². The minimum atomic E-state index is 0.0946. The smallest absolute Gasteiger partial charge is 0.223 e. The van der Waals surface area contributed by atoms with Gasteiger partial charge in [-0.3, -0.25) is 9.78 Å². The van der Waals surface area contributed by atoms with Gasteiger partial charge in [0.1, 0.15) is 6.33 Å². The average molecular weight is 287 g/mol. The molecule has 112 valence electrons. The molecule has 0 fully saturated rings. The predicted molar refractivity (Wildman–Crippen MR) is 79.4 cm³/mol. The molecular weight excluding hydrogens is 266 g/mol. The summed E-state index contributed by atoms with van der Waals surface area (Å²) < 4.78 is 1.98. The predicted octanol–water partition coefficient (Wildman–Crippen LogP) is 1.85. The largest absolute Gasteiger partial charge is 0.338 e. The monoisotopic (exact) mass is 287 g/mol. The molecule has 6 heteroatoms. The zero-order valence-corrected chi connectivity index (χ0v) is 12.7. The highest BCUT2D eigenvalue weighted by molar-refractivity contribution is 5.76. The normalized spacial score (nSPS) is 10.9. The first-order chi connectivity index (χ1) is 10.1. The fourth-order valence-corrected chi connectivity index (χ4v) is 2.10. The van der Waals surface area contributed by atoms with Crippen LogP contribution in [0.4, 0.5) is 0 Å². The van der Waals surface area contributed by atoms with Gasteiger partial charge in [-0.15, -0.1) is 10.2 Å². The van der Waals surface area contributed by atoms with Crippen LogP contribution in [0.3, 0.4) is 0 Å². The van der Waals surface area contributed by atoms with Crippen LogP contribution in [0.2, 0.25) is 0 Å². The third-order valence-corrected chi connectivity index (χ3v) is 3.36. The van der Waals surface area contributed by atoms with E-state index in [9.17, 15) is 4.79 Å². The second-order valence-corrected chi connectivity index (χ2v) is 5.36. The van der Waals surface area contributed by atoms with Crippen LogP contribution in [0, 0.1) is 0 Å². The lowest BCUT2D eigenvalue weighted by Crippen LogP contribution is -2.28. The molecule has 0 aliphatic heterocycles. The summed E-state index contributed by atoms with van der Waals surface area (Å²) in [4.78, 5) is 17.9. The van der Waals surface area contributed by atoms with Gasteiger partial charge in [0.25, 0.3) is 0 Å². The third kappa shape index (κ3) is 4.11. The maximum Gasteiger partial charge on any atom is 0.223 e. The Bertz CT molecular complexity index is 579. The van der Waals surface area contributed by atoms with Crippen molar-refractivity contribution in [2.45, 2.75) is 39.3 Å². The van der Waals surface area contributed by atoms with E-state index in [1.807, 2.05) is 16.7 Å². The van der Waals surface area contributed by atoms with Gasteiger partial charge in [0.15, 0.2) is 5.82 Å². The van der Waals surface area contributed by atoms with E-state index in [-0.39, 0.29) is 11.9 Å². The molecule has 0 atom stereocenters. The van der Waals surface area contributed by atoms with Gasteiger partial charge < -0.3 is 9.47 Å². The topological polar surface area (TPSA) is 63.9 Å². The Balaban J connectivity index is 1.89. The number of carbonyl (C=O) groups excluding carboxylic acids is 1. The molecule has 2 aromatic rings. The quantitative estimate of drug-likeness (QED) is 0.813. The summed E-state index contributed by atoms with van der Waals surface area (Å²) in [6.07, 6.45) is 6.40. The van der Waals surface area contributed by atoms with Crippen LogP contribution in [-0.2, 0) is 17.8 Å². The molecule has 0 aliphatic carbocycles. The molecule has 2 rings (SSSR count). The molecule has 0 N–H and O–H groups in total. The van der Waals surface area contributed by atoms with Gasteiger partial charge >= 0.3 is 0 Å². The summed E-state index contributed by atoms with van der Waals surface area (Å²) in [5.74, 6) is 0.902. The summed E-state index contributed by atoms with van der Waals surface area (Å²) in [6.45, 7) is 4.61. The van der Waals surface area contributed by atoms with Crippen molar-refractivity contribution >= 4 is 5.91 Å². The SMILES string of the molecule is CC(C)n1cnnc1CN(C)C(=O)CCc1cccnc1. The molecule has 2 aromatic heterocycles. The molecule has 0 aromatic carbocycles. The molecule has 0 saturated heterocycles. The lowest BCUT2D eigenvalue weighted by atomic mass is 10.1. The zero-order valence-electron chi connectivity index (χ0n) is 12.7. The summed E-state index contributed by atoms with van der Waals surface area (Å²) in [7, 11) is 1.80. The van der Waals surface area contributed by atoms with E-state index in [4.69, 9.17) is 0 Å². The van der Waals surface area contributed by atoms with Crippen LogP contribution in [0.25, 0.3) is 0 Å². The van der Waals surface area contributed by atoms with E-state index in [1.165, 1.54) is 0 Å². The number of amides is 1. The third-order valence-electron chi connectivity index (χ3n) is 3.36. The number of hydrogen-bond donors (Lipinski definition) is 0. The minimum Gasteiger partial charge on any atom is -0.338 e. The number of aromatic nitrogens is 4. The number of pyridine rings is 1. The Kier molecular flexibility index (Phi) is 5.03. The first-order valence-corrected chi connectivity index (χ1v) is 7.09. The van der Waals surface area contributed by atoms with Crippen LogP contribution in [-0.4, -0.2) is 37.6 Å². The second-order valence-electron chi connectivity index (χ2n) is 5.36. The van der Waals surface area contributed by atoms with Gasteiger partial charge in [0, 0.05) is 31.9 Å². The van der Waals surface area contributed by atoms with Crippen molar-refractivity contribution < 1.29 is 4.79 Å². The highest BCUT2D eigenvalue weighted by Crippen LogP contribution is 2.09. The van der Waals surface area contributed by atoms with Crippen LogP contribution >= 0.6 is 0 Å². The van der Waals surface area contributed by atoms with Gasteiger partial charge in [-0.1, -0.05) is 6.07 Å². The van der Waals surface area contributed by atoms with Gasteiger partial charge in [-0.2, -0.15) is 0 Å². The highest BCUT2D eigenvalue weighted by atomic mass is 16.2. The lowest BCUT2D eigenvalue weighted by Gasteiger charge is -2.18. The fraction of sp³-hybridized carbons (Fsp3) is 0.467. The van der Waals surface area contributed by atoms with Crippen LogP contribution < -0.4 is 0 Å². The van der Waals surface area contributed by atoms with Crippen LogP contribution in [0.1, 0.15) is 37.7 Å². The minimum absolute atomic E-state index is 0.0946. The van der Waals surface area contributed by atoms with Gasteiger partial charge in [0.05, 0.1) is 6.54 Å². The van der Waals surface area contributed by atoms with Crippen molar-refractivity contribution in [1.82, 2.24) is 24.6 Å². The molecule has 0 saturated carbocycles. The lowest BCUT2D eigenvalue weighted by molar-refractivity contribution is -0.130. The number of nitrogens with zero attached hydrogens (tertiary/aromatic N) is 5. The summed E-state index contributed by atoms with van der Waals surface area (Å²) in [5.41, 5.74) is 1.07. The number of rotatable bonds is 6. The Morgan fingerprint density at radius 1 is 1.43 bits per heavy atom. The molecule has 6 nitrogen and oxygen atoms in total. The Labute approximate surface area is 124 Å². The van der Waals surface area contributed by atoms with E-state index in [2.05, 4.69) is 29.0 Å². The number of hydrogen-bond acceptors (Lipinski definition) is 4. The molecule has 0 aliphatic rings. The van der Waals surface area contributed by atoms with Crippen molar-refractivity contribution in [3.05, 3.63) is 42.2 Å². The zero-order chi connectivity index (χ0) is 15.2. The van der Waals surface area contributed by atoms with Crippen molar-refractivity contribution in [3.8, 4) is 0 Å². The van der Waals surface area contributed by atoms with Crippen molar-refractivity contribution in [1.29, 1.82) is 0 Å². The molecule has 21 heavy (non-hydrogen) atoms. The van der Waals surface area contributed by atoms with Crippen LogP contribution in [0.15, 0.2) is 30.9 Å². The van der Waals surface area contributed by atoms with E-state index < -0.39 is 0 Å². The van der Waals surface area contributed by atoms with E-state index in [1.54, 1.807) is 30.7 Å². The first kappa shape index (κ1) is 15.2. The highest BCUT2D eigenvalue weighted by Gasteiger charge is 2.14. The Morgan fingerprint density at radius 2 is 2.24 bits per heavy atom. The van der Waals surface area contributed by atoms with Gasteiger partial charge in [-0.05, 0) is 31.9 Å². The maximum atomic E-state index is 12.2. The standard InChI is InChI=1S/C15H21N5O/c1-12(2)20-11-17-18-14(20)10-19(3)15(21)7-6-13-5-4-8-16-9-13/h4-5,8-9,11-12H,6-7,10H2,1-3H3. The molecule has 0 bridgehead atoms. The number of carbonyl (C=O) groups is 1.